The normalized spacial score (nSPS) is 13.0. The van der Waals surface area contributed by atoms with Crippen LogP contribution in [0.3, 0.4) is 0 Å². The number of aliphatic hydroxyl groups is 1. The highest BCUT2D eigenvalue weighted by atomic mass is 16.3. The Morgan fingerprint density at radius 1 is 0.923 bits per heavy atom. The summed E-state index contributed by atoms with van der Waals surface area (Å²) in [5.74, 6) is -3.57. The summed E-state index contributed by atoms with van der Waals surface area (Å²) in [6.45, 7) is 0.128. The molecule has 15 nitrogen and oxygen atoms in total. The Labute approximate surface area is 223 Å². The van der Waals surface area contributed by atoms with Crippen LogP contribution in [0.25, 0.3) is 10.9 Å². The average Bonchev–Trinajstić information content (AvgIpc) is 3.29. The molecule has 7 amide bonds. The lowest BCUT2D eigenvalue weighted by Crippen LogP contribution is -2.56. The Hall–Kier alpha value is -4.66. The van der Waals surface area contributed by atoms with Crippen molar-refractivity contribution in [2.75, 3.05) is 19.7 Å². The zero-order valence-electron chi connectivity index (χ0n) is 21.4. The molecule has 1 aromatic carbocycles. The van der Waals surface area contributed by atoms with Crippen molar-refractivity contribution in [3.05, 3.63) is 36.0 Å². The van der Waals surface area contributed by atoms with Gasteiger partial charge in [-0.3, -0.25) is 24.0 Å². The van der Waals surface area contributed by atoms with Gasteiger partial charge in [0.2, 0.25) is 29.5 Å². The lowest BCUT2D eigenvalue weighted by molar-refractivity contribution is -0.133. The summed E-state index contributed by atoms with van der Waals surface area (Å²) in [5.41, 5.74) is 11.8. The van der Waals surface area contributed by atoms with Crippen molar-refractivity contribution in [1.82, 2.24) is 31.6 Å². The second kappa shape index (κ2) is 14.9. The van der Waals surface area contributed by atoms with Gasteiger partial charge in [0.15, 0.2) is 0 Å². The van der Waals surface area contributed by atoms with Gasteiger partial charge in [-0.05, 0) is 24.5 Å². The maximum atomic E-state index is 13.1. The van der Waals surface area contributed by atoms with Crippen molar-refractivity contribution in [2.24, 2.45) is 11.5 Å². The maximum Gasteiger partial charge on any atom is 0.312 e. The van der Waals surface area contributed by atoms with E-state index in [1.54, 1.807) is 6.20 Å². The van der Waals surface area contributed by atoms with E-state index < -0.39 is 66.8 Å². The van der Waals surface area contributed by atoms with Gasteiger partial charge in [0.1, 0.15) is 18.1 Å². The molecule has 1 heterocycles. The highest BCUT2D eigenvalue weighted by Gasteiger charge is 2.27. The molecule has 0 saturated heterocycles. The number of carbonyl (C=O) groups excluding carboxylic acids is 6. The van der Waals surface area contributed by atoms with Crippen LogP contribution >= 0.6 is 0 Å². The van der Waals surface area contributed by atoms with Gasteiger partial charge >= 0.3 is 6.03 Å². The van der Waals surface area contributed by atoms with E-state index in [-0.39, 0.29) is 19.4 Å². The number of urea groups is 1. The fourth-order valence-electron chi connectivity index (χ4n) is 3.78. The molecule has 0 aliphatic rings. The number of fused-ring (bicyclic) bond motifs is 1. The number of primary amides is 2. The second-order valence-corrected chi connectivity index (χ2v) is 8.73. The summed E-state index contributed by atoms with van der Waals surface area (Å²) >= 11 is 0. The predicted molar refractivity (Wildman–Crippen MR) is 140 cm³/mol. The molecule has 39 heavy (non-hydrogen) atoms. The summed E-state index contributed by atoms with van der Waals surface area (Å²) in [6.07, 6.45) is 2.15. The van der Waals surface area contributed by atoms with Crippen molar-refractivity contribution >= 4 is 46.5 Å². The number of nitrogens with one attached hydrogen (secondary N) is 6. The number of H-pyrrole nitrogens is 1. The highest BCUT2D eigenvalue weighted by Crippen LogP contribution is 2.19. The molecule has 0 saturated carbocycles. The molecule has 1 aromatic heterocycles. The van der Waals surface area contributed by atoms with E-state index in [0.29, 0.717) is 12.0 Å². The molecule has 15 heteroatoms. The van der Waals surface area contributed by atoms with Gasteiger partial charge in [-0.25, -0.2) is 4.79 Å². The first-order valence-corrected chi connectivity index (χ1v) is 12.1. The Balaban J connectivity index is 2.08. The lowest BCUT2D eigenvalue weighted by Gasteiger charge is -2.22. The van der Waals surface area contributed by atoms with Crippen molar-refractivity contribution in [2.45, 2.75) is 44.3 Å². The standard InChI is InChI=1S/C24H34N8O7/c1-13(34)30-19(12-33)23(38)32-18(9-14-10-28-16-6-3-2-5-15(14)16)22(37)29-11-20(35)31-17(21(25)36)7-4-8-27-24(26)39/h2-3,5-6,10,17-19,28,33H,4,7-9,11-12H2,1H3,(H2,25,36)(H,29,37)(H,30,34)(H,31,35)(H,32,38)(H3,26,27,39)/t17-,18-,19-/m0/s1. The first-order valence-electron chi connectivity index (χ1n) is 12.1. The Kier molecular flexibility index (Phi) is 11.7. The number of para-hydroxylation sites is 1. The largest absolute Gasteiger partial charge is 0.394 e. The average molecular weight is 547 g/mol. The Bertz CT molecular complexity index is 1200. The van der Waals surface area contributed by atoms with E-state index in [1.165, 1.54) is 6.92 Å². The van der Waals surface area contributed by atoms with Crippen LogP contribution in [0.4, 0.5) is 4.79 Å². The highest BCUT2D eigenvalue weighted by molar-refractivity contribution is 5.94. The number of amides is 7. The zero-order chi connectivity index (χ0) is 28.9. The topological polar surface area (TPSA) is 251 Å². The second-order valence-electron chi connectivity index (χ2n) is 8.73. The Morgan fingerprint density at radius 3 is 2.28 bits per heavy atom. The molecule has 212 valence electrons. The predicted octanol–water partition coefficient (Wildman–Crippen LogP) is -2.77. The van der Waals surface area contributed by atoms with Gasteiger partial charge < -0.3 is 48.1 Å². The minimum absolute atomic E-state index is 0.0260. The molecule has 2 aromatic rings. The molecule has 0 fully saturated rings. The fraction of sp³-hybridized carbons (Fsp3) is 0.417. The van der Waals surface area contributed by atoms with Crippen LogP contribution in [0.5, 0.6) is 0 Å². The van der Waals surface area contributed by atoms with Gasteiger partial charge in [0.25, 0.3) is 0 Å². The summed E-state index contributed by atoms with van der Waals surface area (Å²) in [4.78, 5) is 75.1. The number of hydrogen-bond donors (Lipinski definition) is 9. The van der Waals surface area contributed by atoms with Crippen LogP contribution in [-0.4, -0.2) is 83.5 Å². The number of rotatable bonds is 15. The number of aromatic nitrogens is 1. The van der Waals surface area contributed by atoms with Crippen molar-refractivity contribution in [1.29, 1.82) is 0 Å². The molecule has 0 unspecified atom stereocenters. The maximum absolute atomic E-state index is 13.1. The SMILES string of the molecule is CC(=O)N[C@@H](CO)C(=O)N[C@@H](Cc1c[nH]c2ccccc12)C(=O)NCC(=O)N[C@@H](CCCNC(N)=O)C(N)=O. The van der Waals surface area contributed by atoms with Gasteiger partial charge in [-0.1, -0.05) is 18.2 Å². The van der Waals surface area contributed by atoms with E-state index in [9.17, 15) is 33.9 Å². The quantitative estimate of drug-likeness (QED) is 0.106. The van der Waals surface area contributed by atoms with Crippen molar-refractivity contribution in [3.8, 4) is 0 Å². The van der Waals surface area contributed by atoms with Crippen molar-refractivity contribution < 1.29 is 33.9 Å². The summed E-state index contributed by atoms with van der Waals surface area (Å²) in [6, 6.07) is 3.08. The number of aromatic amines is 1. The molecule has 0 spiro atoms. The fourth-order valence-corrected chi connectivity index (χ4v) is 3.78. The summed E-state index contributed by atoms with van der Waals surface area (Å²) in [5, 5.41) is 22.3. The third-order valence-electron chi connectivity index (χ3n) is 5.68. The van der Waals surface area contributed by atoms with Gasteiger partial charge in [-0.2, -0.15) is 0 Å². The van der Waals surface area contributed by atoms with Gasteiger partial charge in [0, 0.05) is 37.0 Å². The number of benzene rings is 1. The monoisotopic (exact) mass is 546 g/mol. The van der Waals surface area contributed by atoms with Crippen LogP contribution in [0.2, 0.25) is 0 Å². The third kappa shape index (κ3) is 9.96. The molecule has 11 N–H and O–H groups in total. The molecular weight excluding hydrogens is 512 g/mol. The summed E-state index contributed by atoms with van der Waals surface area (Å²) < 4.78 is 0. The van der Waals surface area contributed by atoms with Crippen LogP contribution in [0, 0.1) is 0 Å². The first-order chi connectivity index (χ1) is 18.5. The molecule has 3 atom stereocenters. The van der Waals surface area contributed by atoms with Crippen LogP contribution in [0.15, 0.2) is 30.5 Å². The van der Waals surface area contributed by atoms with Crippen LogP contribution in [-0.2, 0) is 30.4 Å². The summed E-state index contributed by atoms with van der Waals surface area (Å²) in [7, 11) is 0. The molecule has 0 bridgehead atoms. The number of nitrogens with two attached hydrogens (primary N) is 2. The lowest BCUT2D eigenvalue weighted by atomic mass is 10.0. The van der Waals surface area contributed by atoms with E-state index >= 15 is 0 Å². The number of aliphatic hydroxyl groups excluding tert-OH is 1. The van der Waals surface area contributed by atoms with Gasteiger partial charge in [-0.15, -0.1) is 0 Å². The van der Waals surface area contributed by atoms with Crippen molar-refractivity contribution in [3.63, 3.8) is 0 Å². The molecular formula is C24H34N8O7. The zero-order valence-corrected chi connectivity index (χ0v) is 21.4. The number of hydrogen-bond acceptors (Lipinski definition) is 7. The molecule has 0 aliphatic carbocycles. The van der Waals surface area contributed by atoms with E-state index in [4.69, 9.17) is 11.5 Å². The van der Waals surface area contributed by atoms with E-state index in [2.05, 4.69) is 31.6 Å². The smallest absolute Gasteiger partial charge is 0.312 e. The third-order valence-corrected chi connectivity index (χ3v) is 5.68. The molecule has 0 radical (unpaired) electrons. The number of carbonyl (C=O) groups is 6. The van der Waals surface area contributed by atoms with E-state index in [1.807, 2.05) is 24.3 Å². The minimum Gasteiger partial charge on any atom is -0.394 e. The Morgan fingerprint density at radius 2 is 1.64 bits per heavy atom. The van der Waals surface area contributed by atoms with E-state index in [0.717, 1.165) is 10.9 Å². The minimum atomic E-state index is -1.29. The van der Waals surface area contributed by atoms with Crippen LogP contribution in [0.1, 0.15) is 25.3 Å². The van der Waals surface area contributed by atoms with Gasteiger partial charge in [0.05, 0.1) is 13.2 Å². The first kappa shape index (κ1) is 30.6. The molecule has 2 rings (SSSR count). The van der Waals surface area contributed by atoms with Crippen LogP contribution < -0.4 is 38.1 Å². The molecule has 0 aliphatic heterocycles.